The Labute approximate surface area is 123 Å². The van der Waals surface area contributed by atoms with Gasteiger partial charge in [0, 0.05) is 30.9 Å². The van der Waals surface area contributed by atoms with E-state index in [-0.39, 0.29) is 18.0 Å². The lowest BCUT2D eigenvalue weighted by atomic mass is 10.2. The van der Waals surface area contributed by atoms with Crippen LogP contribution in [-0.2, 0) is 10.0 Å². The van der Waals surface area contributed by atoms with E-state index < -0.39 is 14.9 Å². The molecule has 21 heavy (non-hydrogen) atoms. The van der Waals surface area contributed by atoms with E-state index in [1.54, 1.807) is 19.9 Å². The largest absolute Gasteiger partial charge is 0.494 e. The van der Waals surface area contributed by atoms with Gasteiger partial charge in [-0.15, -0.1) is 0 Å². The second kappa shape index (κ2) is 7.79. The standard InChI is InChI=1S/C12H19N3O5S/c1-3-14-21(18,19)6-5-13-10-7-11(15(16)17)9-12(8-10)20-4-2/h7-9,13-14H,3-6H2,1-2H3. The van der Waals surface area contributed by atoms with Gasteiger partial charge >= 0.3 is 0 Å². The summed E-state index contributed by atoms with van der Waals surface area (Å²) in [4.78, 5) is 10.3. The molecular formula is C12H19N3O5S. The highest BCUT2D eigenvalue weighted by Crippen LogP contribution is 2.25. The van der Waals surface area contributed by atoms with Crippen molar-refractivity contribution in [2.45, 2.75) is 13.8 Å². The van der Waals surface area contributed by atoms with E-state index in [1.165, 1.54) is 12.1 Å². The molecule has 0 bridgehead atoms. The molecule has 2 N–H and O–H groups in total. The first-order chi connectivity index (χ1) is 9.88. The zero-order chi connectivity index (χ0) is 15.9. The van der Waals surface area contributed by atoms with E-state index in [1.807, 2.05) is 0 Å². The maximum Gasteiger partial charge on any atom is 0.275 e. The first-order valence-corrected chi connectivity index (χ1v) is 8.16. The van der Waals surface area contributed by atoms with Crippen molar-refractivity contribution in [1.29, 1.82) is 0 Å². The number of hydrogen-bond acceptors (Lipinski definition) is 6. The van der Waals surface area contributed by atoms with Crippen LogP contribution in [0.5, 0.6) is 5.75 Å². The molecule has 9 heteroatoms. The Balaban J connectivity index is 2.76. The van der Waals surface area contributed by atoms with E-state index in [0.717, 1.165) is 0 Å². The van der Waals surface area contributed by atoms with E-state index in [0.29, 0.717) is 24.6 Å². The molecule has 118 valence electrons. The summed E-state index contributed by atoms with van der Waals surface area (Å²) in [6.07, 6.45) is 0. The molecule has 0 amide bonds. The summed E-state index contributed by atoms with van der Waals surface area (Å²) in [5, 5.41) is 13.7. The number of sulfonamides is 1. The molecule has 0 saturated heterocycles. The smallest absolute Gasteiger partial charge is 0.275 e. The van der Waals surface area contributed by atoms with Crippen molar-refractivity contribution in [3.63, 3.8) is 0 Å². The number of ether oxygens (including phenoxy) is 1. The number of benzene rings is 1. The Bertz CT molecular complexity index is 589. The quantitative estimate of drug-likeness (QED) is 0.525. The van der Waals surface area contributed by atoms with Crippen LogP contribution in [0.25, 0.3) is 0 Å². The number of nitro benzene ring substituents is 1. The molecule has 0 aromatic heterocycles. The molecule has 0 aliphatic rings. The SMILES string of the molecule is CCNS(=O)(=O)CCNc1cc(OCC)cc([N+](=O)[O-])c1. The van der Waals surface area contributed by atoms with Gasteiger partial charge in [-0.1, -0.05) is 6.92 Å². The summed E-state index contributed by atoms with van der Waals surface area (Å²) in [5.74, 6) is 0.247. The second-order valence-corrected chi connectivity index (χ2v) is 6.08. The van der Waals surface area contributed by atoms with Gasteiger partial charge in [-0.3, -0.25) is 10.1 Å². The molecule has 1 aromatic carbocycles. The highest BCUT2D eigenvalue weighted by molar-refractivity contribution is 7.89. The van der Waals surface area contributed by atoms with Crippen LogP contribution in [0.4, 0.5) is 11.4 Å². The van der Waals surface area contributed by atoms with Gasteiger partial charge in [-0.05, 0) is 6.92 Å². The van der Waals surface area contributed by atoms with Crippen molar-refractivity contribution < 1.29 is 18.1 Å². The number of anilines is 1. The van der Waals surface area contributed by atoms with Crippen molar-refractivity contribution in [1.82, 2.24) is 4.72 Å². The Kier molecular flexibility index (Phi) is 6.38. The highest BCUT2D eigenvalue weighted by Gasteiger charge is 2.12. The molecule has 0 unspecified atom stereocenters. The Hall–Kier alpha value is -1.87. The maximum atomic E-state index is 11.5. The van der Waals surface area contributed by atoms with Crippen molar-refractivity contribution in [2.24, 2.45) is 0 Å². The summed E-state index contributed by atoms with van der Waals surface area (Å²) in [6.45, 7) is 4.32. The van der Waals surface area contributed by atoms with Crippen LogP contribution in [0.1, 0.15) is 13.8 Å². The Morgan fingerprint density at radius 1 is 1.29 bits per heavy atom. The molecule has 0 spiro atoms. The molecule has 1 aromatic rings. The first-order valence-electron chi connectivity index (χ1n) is 6.51. The number of rotatable bonds is 9. The van der Waals surface area contributed by atoms with Crippen molar-refractivity contribution >= 4 is 21.4 Å². The first kappa shape index (κ1) is 17.2. The summed E-state index contributed by atoms with van der Waals surface area (Å²) in [6, 6.07) is 4.25. The predicted molar refractivity (Wildman–Crippen MR) is 80.2 cm³/mol. The summed E-state index contributed by atoms with van der Waals surface area (Å²) >= 11 is 0. The predicted octanol–water partition coefficient (Wildman–Crippen LogP) is 1.34. The third kappa shape index (κ3) is 5.96. The molecule has 0 fully saturated rings. The van der Waals surface area contributed by atoms with Crippen LogP contribution in [0, 0.1) is 10.1 Å². The van der Waals surface area contributed by atoms with Crippen molar-refractivity contribution in [3.8, 4) is 5.75 Å². The molecule has 0 saturated carbocycles. The molecular weight excluding hydrogens is 298 g/mol. The Morgan fingerprint density at radius 3 is 2.57 bits per heavy atom. The van der Waals surface area contributed by atoms with Crippen LogP contribution in [0.3, 0.4) is 0 Å². The number of nitrogens with one attached hydrogen (secondary N) is 2. The molecule has 0 heterocycles. The van der Waals surface area contributed by atoms with Crippen LogP contribution in [0.2, 0.25) is 0 Å². The average molecular weight is 317 g/mol. The minimum atomic E-state index is -3.33. The number of non-ortho nitro benzene ring substituents is 1. The molecule has 1 rings (SSSR count). The second-order valence-electron chi connectivity index (χ2n) is 4.15. The third-order valence-corrected chi connectivity index (χ3v) is 3.95. The van der Waals surface area contributed by atoms with Gasteiger partial charge < -0.3 is 10.1 Å². The normalized spacial score (nSPS) is 11.1. The monoisotopic (exact) mass is 317 g/mol. The zero-order valence-electron chi connectivity index (χ0n) is 12.0. The van der Waals surface area contributed by atoms with Gasteiger partial charge in [0.1, 0.15) is 5.75 Å². The van der Waals surface area contributed by atoms with Crippen LogP contribution in [-0.4, -0.2) is 38.8 Å². The fraction of sp³-hybridized carbons (Fsp3) is 0.500. The zero-order valence-corrected chi connectivity index (χ0v) is 12.8. The van der Waals surface area contributed by atoms with Gasteiger partial charge in [-0.2, -0.15) is 0 Å². The van der Waals surface area contributed by atoms with Gasteiger partial charge in [-0.25, -0.2) is 13.1 Å². The minimum absolute atomic E-state index is 0.113. The molecule has 0 aliphatic heterocycles. The Morgan fingerprint density at radius 2 is 2.00 bits per heavy atom. The van der Waals surface area contributed by atoms with Gasteiger partial charge in [0.25, 0.3) is 5.69 Å². The fourth-order valence-electron chi connectivity index (χ4n) is 1.66. The highest BCUT2D eigenvalue weighted by atomic mass is 32.2. The average Bonchev–Trinajstić information content (AvgIpc) is 2.38. The molecule has 0 atom stereocenters. The van der Waals surface area contributed by atoms with E-state index in [2.05, 4.69) is 10.0 Å². The number of nitro groups is 1. The number of hydrogen-bond donors (Lipinski definition) is 2. The van der Waals surface area contributed by atoms with Gasteiger partial charge in [0.15, 0.2) is 0 Å². The van der Waals surface area contributed by atoms with Crippen LogP contribution >= 0.6 is 0 Å². The van der Waals surface area contributed by atoms with E-state index in [4.69, 9.17) is 4.74 Å². The summed E-state index contributed by atoms with van der Waals surface area (Å²) in [7, 11) is -3.33. The van der Waals surface area contributed by atoms with E-state index >= 15 is 0 Å². The lowest BCUT2D eigenvalue weighted by Crippen LogP contribution is -2.29. The van der Waals surface area contributed by atoms with Gasteiger partial charge in [0.2, 0.25) is 10.0 Å². The van der Waals surface area contributed by atoms with Crippen molar-refractivity contribution in [3.05, 3.63) is 28.3 Å². The fourth-order valence-corrected chi connectivity index (χ4v) is 2.62. The topological polar surface area (TPSA) is 111 Å². The van der Waals surface area contributed by atoms with Crippen LogP contribution < -0.4 is 14.8 Å². The molecule has 8 nitrogen and oxygen atoms in total. The summed E-state index contributed by atoms with van der Waals surface area (Å²) in [5.41, 5.74) is 0.331. The maximum absolute atomic E-state index is 11.5. The molecule has 0 aliphatic carbocycles. The molecule has 0 radical (unpaired) electrons. The van der Waals surface area contributed by atoms with Crippen LogP contribution in [0.15, 0.2) is 18.2 Å². The number of nitrogens with zero attached hydrogens (tertiary/aromatic N) is 1. The lowest BCUT2D eigenvalue weighted by Gasteiger charge is -2.10. The summed E-state index contributed by atoms with van der Waals surface area (Å²) < 4.78 is 30.6. The third-order valence-electron chi connectivity index (χ3n) is 2.48. The minimum Gasteiger partial charge on any atom is -0.494 e. The van der Waals surface area contributed by atoms with Gasteiger partial charge in [0.05, 0.1) is 23.3 Å². The van der Waals surface area contributed by atoms with E-state index in [9.17, 15) is 18.5 Å². The van der Waals surface area contributed by atoms with Crippen molar-refractivity contribution in [2.75, 3.05) is 30.8 Å². The lowest BCUT2D eigenvalue weighted by molar-refractivity contribution is -0.384.